The molecule has 0 aromatic heterocycles. The fraction of sp³-hybridized carbons (Fsp3) is 0.176. The molecule has 19 heavy (non-hydrogen) atoms. The van der Waals surface area contributed by atoms with E-state index in [-0.39, 0.29) is 5.54 Å². The predicted octanol–water partition coefficient (Wildman–Crippen LogP) is 4.48. The first-order chi connectivity index (χ1) is 9.21. The van der Waals surface area contributed by atoms with Crippen LogP contribution in [0.25, 0.3) is 0 Å². The summed E-state index contributed by atoms with van der Waals surface area (Å²) in [5, 5.41) is 4.39. The zero-order valence-electron chi connectivity index (χ0n) is 10.7. The second-order valence-corrected chi connectivity index (χ2v) is 5.56. The summed E-state index contributed by atoms with van der Waals surface area (Å²) in [5.74, 6) is 0. The fourth-order valence-electron chi connectivity index (χ4n) is 2.74. The van der Waals surface area contributed by atoms with Gasteiger partial charge in [-0.3, -0.25) is 0 Å². The van der Waals surface area contributed by atoms with Crippen LogP contribution in [0.15, 0.2) is 61.2 Å². The molecule has 1 heterocycles. The summed E-state index contributed by atoms with van der Waals surface area (Å²) >= 11 is 6.07. The van der Waals surface area contributed by atoms with Gasteiger partial charge in [-0.25, -0.2) is 0 Å². The molecule has 2 aromatic rings. The fourth-order valence-corrected chi connectivity index (χ4v) is 2.94. The molecular formula is C17H16ClN. The maximum absolute atomic E-state index is 6.07. The number of rotatable bonds is 3. The van der Waals surface area contributed by atoms with Gasteiger partial charge in [-0.15, -0.1) is 6.58 Å². The minimum Gasteiger partial charge on any atom is -0.375 e. The van der Waals surface area contributed by atoms with Crippen molar-refractivity contribution in [1.82, 2.24) is 0 Å². The lowest BCUT2D eigenvalue weighted by molar-refractivity contribution is 0.596. The zero-order valence-corrected chi connectivity index (χ0v) is 11.5. The normalized spacial score (nSPS) is 20.7. The molecule has 2 heteroatoms. The van der Waals surface area contributed by atoms with E-state index in [1.54, 1.807) is 0 Å². The van der Waals surface area contributed by atoms with E-state index in [9.17, 15) is 0 Å². The van der Waals surface area contributed by atoms with Crippen LogP contribution >= 0.6 is 11.6 Å². The van der Waals surface area contributed by atoms with Gasteiger partial charge >= 0.3 is 0 Å². The lowest BCUT2D eigenvalue weighted by Crippen LogP contribution is -2.36. The Hall–Kier alpha value is -1.73. The number of nitrogens with one attached hydrogen (secondary N) is 1. The predicted molar refractivity (Wildman–Crippen MR) is 81.9 cm³/mol. The van der Waals surface area contributed by atoms with Gasteiger partial charge in [0.1, 0.15) is 0 Å². The van der Waals surface area contributed by atoms with Crippen LogP contribution in [-0.4, -0.2) is 5.54 Å². The van der Waals surface area contributed by atoms with Crippen LogP contribution in [0, 0.1) is 0 Å². The molecule has 0 aliphatic carbocycles. The Morgan fingerprint density at radius 3 is 2.74 bits per heavy atom. The molecular weight excluding hydrogens is 254 g/mol. The lowest BCUT2D eigenvalue weighted by atomic mass is 9.88. The Labute approximate surface area is 118 Å². The molecule has 2 aromatic carbocycles. The molecule has 0 spiro atoms. The number of halogens is 1. The zero-order chi connectivity index (χ0) is 13.3. The van der Waals surface area contributed by atoms with Crippen LogP contribution in [0.3, 0.4) is 0 Å². The average molecular weight is 270 g/mol. The van der Waals surface area contributed by atoms with Gasteiger partial charge in [0.2, 0.25) is 0 Å². The van der Waals surface area contributed by atoms with Crippen molar-refractivity contribution in [2.75, 3.05) is 5.32 Å². The van der Waals surface area contributed by atoms with Crippen LogP contribution in [-0.2, 0) is 12.8 Å². The summed E-state index contributed by atoms with van der Waals surface area (Å²) < 4.78 is 0. The topological polar surface area (TPSA) is 12.0 Å². The van der Waals surface area contributed by atoms with E-state index in [1.165, 1.54) is 16.8 Å². The van der Waals surface area contributed by atoms with E-state index in [2.05, 4.69) is 36.2 Å². The van der Waals surface area contributed by atoms with E-state index in [4.69, 9.17) is 11.6 Å². The number of anilines is 1. The summed E-state index contributed by atoms with van der Waals surface area (Å²) in [6.07, 6.45) is 3.89. The van der Waals surface area contributed by atoms with E-state index >= 15 is 0 Å². The van der Waals surface area contributed by atoms with Crippen molar-refractivity contribution >= 4 is 17.3 Å². The van der Waals surface area contributed by atoms with Gasteiger partial charge in [0.15, 0.2) is 0 Å². The van der Waals surface area contributed by atoms with Crippen molar-refractivity contribution in [2.24, 2.45) is 0 Å². The van der Waals surface area contributed by atoms with Crippen molar-refractivity contribution in [3.05, 3.63) is 77.3 Å². The van der Waals surface area contributed by atoms with Crippen LogP contribution in [0.5, 0.6) is 0 Å². The Kier molecular flexibility index (Phi) is 3.08. The quantitative estimate of drug-likeness (QED) is 0.811. The first-order valence-corrected chi connectivity index (χ1v) is 6.83. The molecule has 3 rings (SSSR count). The number of hydrogen-bond donors (Lipinski definition) is 1. The Morgan fingerprint density at radius 2 is 2.00 bits per heavy atom. The molecule has 0 saturated carbocycles. The molecule has 0 saturated heterocycles. The molecule has 0 amide bonds. The first kappa shape index (κ1) is 12.3. The Morgan fingerprint density at radius 1 is 1.21 bits per heavy atom. The molecule has 0 radical (unpaired) electrons. The smallest absolute Gasteiger partial charge is 0.0634 e. The SMILES string of the molecule is C=C[C@]1(Cc2ccccc2)Cc2cc(Cl)ccc2N1. The Bertz CT molecular complexity index is 606. The highest BCUT2D eigenvalue weighted by Gasteiger charge is 2.34. The average Bonchev–Trinajstić information content (AvgIpc) is 2.78. The molecule has 96 valence electrons. The van der Waals surface area contributed by atoms with Gasteiger partial charge in [-0.1, -0.05) is 48.0 Å². The minimum absolute atomic E-state index is 0.103. The lowest BCUT2D eigenvalue weighted by Gasteiger charge is -2.26. The number of benzene rings is 2. The van der Waals surface area contributed by atoms with Crippen molar-refractivity contribution in [1.29, 1.82) is 0 Å². The van der Waals surface area contributed by atoms with Gasteiger partial charge in [-0.2, -0.15) is 0 Å². The van der Waals surface area contributed by atoms with E-state index < -0.39 is 0 Å². The van der Waals surface area contributed by atoms with Gasteiger partial charge in [0.05, 0.1) is 5.54 Å². The largest absolute Gasteiger partial charge is 0.375 e. The molecule has 0 bridgehead atoms. The molecule has 1 N–H and O–H groups in total. The second kappa shape index (κ2) is 4.75. The minimum atomic E-state index is -0.103. The van der Waals surface area contributed by atoms with Gasteiger partial charge in [0, 0.05) is 17.1 Å². The maximum Gasteiger partial charge on any atom is 0.0634 e. The molecule has 1 aliphatic rings. The van der Waals surface area contributed by atoms with E-state index in [0.29, 0.717) is 0 Å². The van der Waals surface area contributed by atoms with Crippen molar-refractivity contribution in [2.45, 2.75) is 18.4 Å². The van der Waals surface area contributed by atoms with Gasteiger partial charge in [0.25, 0.3) is 0 Å². The van der Waals surface area contributed by atoms with E-state index in [1.807, 2.05) is 30.3 Å². The van der Waals surface area contributed by atoms with Crippen LogP contribution in [0.2, 0.25) is 5.02 Å². The summed E-state index contributed by atoms with van der Waals surface area (Å²) in [6.45, 7) is 4.02. The summed E-state index contributed by atoms with van der Waals surface area (Å²) in [7, 11) is 0. The van der Waals surface area contributed by atoms with Gasteiger partial charge < -0.3 is 5.32 Å². The van der Waals surface area contributed by atoms with Crippen LogP contribution in [0.4, 0.5) is 5.69 Å². The highest BCUT2D eigenvalue weighted by Crippen LogP contribution is 2.36. The third-order valence-corrected chi connectivity index (χ3v) is 3.95. The molecule has 0 fully saturated rings. The molecule has 0 unspecified atom stereocenters. The summed E-state index contributed by atoms with van der Waals surface area (Å²) in [4.78, 5) is 0. The highest BCUT2D eigenvalue weighted by atomic mass is 35.5. The third kappa shape index (κ3) is 2.39. The number of hydrogen-bond acceptors (Lipinski definition) is 1. The first-order valence-electron chi connectivity index (χ1n) is 6.45. The molecule has 1 aliphatic heterocycles. The van der Waals surface area contributed by atoms with Crippen molar-refractivity contribution in [3.8, 4) is 0 Å². The van der Waals surface area contributed by atoms with Crippen molar-refractivity contribution < 1.29 is 0 Å². The highest BCUT2D eigenvalue weighted by molar-refractivity contribution is 6.30. The van der Waals surface area contributed by atoms with Crippen molar-refractivity contribution in [3.63, 3.8) is 0 Å². The van der Waals surface area contributed by atoms with Crippen LogP contribution < -0.4 is 5.32 Å². The van der Waals surface area contributed by atoms with Gasteiger partial charge in [-0.05, 0) is 35.7 Å². The maximum atomic E-state index is 6.07. The monoisotopic (exact) mass is 269 g/mol. The number of fused-ring (bicyclic) bond motifs is 1. The Balaban J connectivity index is 1.89. The van der Waals surface area contributed by atoms with E-state index in [0.717, 1.165) is 17.9 Å². The van der Waals surface area contributed by atoms with Crippen LogP contribution in [0.1, 0.15) is 11.1 Å². The summed E-state index contributed by atoms with van der Waals surface area (Å²) in [5.41, 5.74) is 3.64. The third-order valence-electron chi connectivity index (χ3n) is 3.71. The second-order valence-electron chi connectivity index (χ2n) is 5.13. The summed E-state index contributed by atoms with van der Waals surface area (Å²) in [6, 6.07) is 16.5. The molecule has 1 atom stereocenters. The standard InChI is InChI=1S/C17H16ClN/c1-2-17(11-13-6-4-3-5-7-13)12-14-10-15(18)8-9-16(14)19-17/h2-10,19H,1,11-12H2/t17-/m0/s1. The molecule has 1 nitrogen and oxygen atoms in total.